The second-order valence-electron chi connectivity index (χ2n) is 7.34. The van der Waals surface area contributed by atoms with Gasteiger partial charge in [0.15, 0.2) is 11.5 Å². The van der Waals surface area contributed by atoms with Crippen LogP contribution in [0.25, 0.3) is 16.7 Å². The number of carbonyl (C=O) groups is 1. The molecule has 4 aromatic rings. The molecule has 1 aromatic carbocycles. The van der Waals surface area contributed by atoms with Gasteiger partial charge < -0.3 is 19.4 Å². The Morgan fingerprint density at radius 3 is 2.83 bits per heavy atom. The van der Waals surface area contributed by atoms with Crippen molar-refractivity contribution in [2.45, 2.75) is 13.0 Å². The SMILES string of the molecule is Cc1cccn2c(=O)c3cc(C(=O)NCC4COc5ccccc5O4)n(C)c3nc12. The Bertz CT molecular complexity index is 1350. The first-order chi connectivity index (χ1) is 14.5. The van der Waals surface area contributed by atoms with Crippen LogP contribution in [-0.2, 0) is 7.05 Å². The first kappa shape index (κ1) is 18.2. The van der Waals surface area contributed by atoms with E-state index in [1.54, 1.807) is 29.9 Å². The van der Waals surface area contributed by atoms with Crippen LogP contribution in [0.3, 0.4) is 0 Å². The summed E-state index contributed by atoms with van der Waals surface area (Å²) < 4.78 is 14.7. The van der Waals surface area contributed by atoms with Crippen LogP contribution in [0.15, 0.2) is 53.5 Å². The normalized spacial score (nSPS) is 15.5. The van der Waals surface area contributed by atoms with E-state index < -0.39 is 0 Å². The molecule has 0 saturated carbocycles. The topological polar surface area (TPSA) is 86.9 Å². The number of hydrogen-bond acceptors (Lipinski definition) is 5. The summed E-state index contributed by atoms with van der Waals surface area (Å²) in [5.41, 5.74) is 2.10. The molecule has 8 heteroatoms. The number of pyridine rings is 1. The first-order valence-corrected chi connectivity index (χ1v) is 9.67. The predicted molar refractivity (Wildman–Crippen MR) is 111 cm³/mol. The summed E-state index contributed by atoms with van der Waals surface area (Å²) in [6.07, 6.45) is 1.38. The molecule has 1 aliphatic heterocycles. The van der Waals surface area contributed by atoms with E-state index in [0.29, 0.717) is 40.5 Å². The van der Waals surface area contributed by atoms with E-state index in [0.717, 1.165) is 5.56 Å². The van der Waals surface area contributed by atoms with Gasteiger partial charge in [-0.05, 0) is 36.8 Å². The number of nitrogens with zero attached hydrogens (tertiary/aromatic N) is 3. The van der Waals surface area contributed by atoms with Gasteiger partial charge in [0, 0.05) is 13.2 Å². The fraction of sp³-hybridized carbons (Fsp3) is 0.227. The van der Waals surface area contributed by atoms with Crippen molar-refractivity contribution in [2.24, 2.45) is 7.05 Å². The molecule has 30 heavy (non-hydrogen) atoms. The van der Waals surface area contributed by atoms with Crippen LogP contribution in [0, 0.1) is 6.92 Å². The van der Waals surface area contributed by atoms with Gasteiger partial charge in [0.25, 0.3) is 11.5 Å². The minimum absolute atomic E-state index is 0.200. The molecule has 0 bridgehead atoms. The third-order valence-electron chi connectivity index (χ3n) is 5.31. The lowest BCUT2D eigenvalue weighted by Gasteiger charge is -2.26. The maximum absolute atomic E-state index is 12.9. The van der Waals surface area contributed by atoms with Gasteiger partial charge in [0.1, 0.15) is 29.7 Å². The van der Waals surface area contributed by atoms with Gasteiger partial charge in [0.2, 0.25) is 0 Å². The lowest BCUT2D eigenvalue weighted by molar-refractivity contribution is 0.0785. The van der Waals surface area contributed by atoms with Crippen LogP contribution in [-0.4, -0.2) is 39.1 Å². The van der Waals surface area contributed by atoms with Gasteiger partial charge in [-0.2, -0.15) is 0 Å². The second kappa shape index (κ2) is 6.91. The number of fused-ring (bicyclic) bond motifs is 3. The van der Waals surface area contributed by atoms with Crippen molar-refractivity contribution >= 4 is 22.6 Å². The van der Waals surface area contributed by atoms with Crippen molar-refractivity contribution in [1.29, 1.82) is 0 Å². The average Bonchev–Trinajstić information content (AvgIpc) is 3.10. The van der Waals surface area contributed by atoms with Gasteiger partial charge in [-0.15, -0.1) is 0 Å². The highest BCUT2D eigenvalue weighted by atomic mass is 16.6. The van der Waals surface area contributed by atoms with Crippen molar-refractivity contribution < 1.29 is 14.3 Å². The van der Waals surface area contributed by atoms with Crippen molar-refractivity contribution in [3.63, 3.8) is 0 Å². The third kappa shape index (κ3) is 2.88. The number of aromatic nitrogens is 3. The Labute approximate surface area is 171 Å². The number of ether oxygens (including phenoxy) is 2. The number of nitrogens with one attached hydrogen (secondary N) is 1. The molecule has 1 atom stereocenters. The van der Waals surface area contributed by atoms with E-state index in [9.17, 15) is 9.59 Å². The summed E-state index contributed by atoms with van der Waals surface area (Å²) in [4.78, 5) is 30.3. The highest BCUT2D eigenvalue weighted by molar-refractivity contribution is 5.98. The van der Waals surface area contributed by atoms with E-state index in [4.69, 9.17) is 9.47 Å². The van der Waals surface area contributed by atoms with Gasteiger partial charge in [-0.3, -0.25) is 14.0 Å². The molecule has 1 aliphatic rings. The summed E-state index contributed by atoms with van der Waals surface area (Å²) in [5, 5.41) is 3.27. The maximum Gasteiger partial charge on any atom is 0.268 e. The Kier molecular flexibility index (Phi) is 4.20. The summed E-state index contributed by atoms with van der Waals surface area (Å²) in [7, 11) is 1.73. The van der Waals surface area contributed by atoms with Crippen LogP contribution in [0.4, 0.5) is 0 Å². The number of carbonyl (C=O) groups excluding carboxylic acids is 1. The molecule has 5 rings (SSSR count). The summed E-state index contributed by atoms with van der Waals surface area (Å²) in [6, 6.07) is 12.7. The minimum Gasteiger partial charge on any atom is -0.486 e. The Morgan fingerprint density at radius 1 is 1.20 bits per heavy atom. The fourth-order valence-corrected chi connectivity index (χ4v) is 3.71. The van der Waals surface area contributed by atoms with E-state index in [2.05, 4.69) is 10.3 Å². The van der Waals surface area contributed by atoms with E-state index in [1.165, 1.54) is 4.40 Å². The highest BCUT2D eigenvalue weighted by Gasteiger charge is 2.23. The van der Waals surface area contributed by atoms with Crippen molar-refractivity contribution in [1.82, 2.24) is 19.3 Å². The molecular formula is C22H20N4O4. The molecule has 0 aliphatic carbocycles. The van der Waals surface area contributed by atoms with Crippen molar-refractivity contribution in [3.8, 4) is 11.5 Å². The zero-order chi connectivity index (χ0) is 20.8. The molecule has 8 nitrogen and oxygen atoms in total. The quantitative estimate of drug-likeness (QED) is 0.565. The van der Waals surface area contributed by atoms with Crippen LogP contribution in [0.2, 0.25) is 0 Å². The van der Waals surface area contributed by atoms with Gasteiger partial charge in [0.05, 0.1) is 11.9 Å². The minimum atomic E-state index is -0.303. The molecule has 0 spiro atoms. The Hall–Kier alpha value is -3.81. The van der Waals surface area contributed by atoms with Crippen LogP contribution >= 0.6 is 0 Å². The summed E-state index contributed by atoms with van der Waals surface area (Å²) in [6.45, 7) is 2.52. The molecule has 4 heterocycles. The van der Waals surface area contributed by atoms with Gasteiger partial charge in [-0.25, -0.2) is 4.98 Å². The van der Waals surface area contributed by atoms with Gasteiger partial charge >= 0.3 is 0 Å². The highest BCUT2D eigenvalue weighted by Crippen LogP contribution is 2.30. The lowest BCUT2D eigenvalue weighted by Crippen LogP contribution is -2.41. The molecule has 0 saturated heterocycles. The number of rotatable bonds is 3. The predicted octanol–water partition coefficient (Wildman–Crippen LogP) is 2.06. The largest absolute Gasteiger partial charge is 0.486 e. The fourth-order valence-electron chi connectivity index (χ4n) is 3.71. The van der Waals surface area contributed by atoms with Crippen LogP contribution in [0.1, 0.15) is 16.1 Å². The van der Waals surface area contributed by atoms with Gasteiger partial charge in [-0.1, -0.05) is 18.2 Å². The van der Waals surface area contributed by atoms with E-state index in [-0.39, 0.29) is 24.1 Å². The van der Waals surface area contributed by atoms with Crippen LogP contribution in [0.5, 0.6) is 11.5 Å². The number of amides is 1. The monoisotopic (exact) mass is 404 g/mol. The smallest absolute Gasteiger partial charge is 0.268 e. The molecule has 1 N–H and O–H groups in total. The van der Waals surface area contributed by atoms with E-state index in [1.807, 2.05) is 37.3 Å². The molecule has 1 unspecified atom stereocenters. The maximum atomic E-state index is 12.9. The van der Waals surface area contributed by atoms with Crippen LogP contribution < -0.4 is 20.3 Å². The Morgan fingerprint density at radius 2 is 2.00 bits per heavy atom. The molecule has 3 aromatic heterocycles. The zero-order valence-electron chi connectivity index (χ0n) is 16.6. The van der Waals surface area contributed by atoms with Crippen molar-refractivity contribution in [2.75, 3.05) is 13.2 Å². The summed E-state index contributed by atoms with van der Waals surface area (Å²) in [5.74, 6) is 1.05. The second-order valence-corrected chi connectivity index (χ2v) is 7.34. The number of para-hydroxylation sites is 2. The molecule has 0 fully saturated rings. The third-order valence-corrected chi connectivity index (χ3v) is 5.31. The number of benzene rings is 1. The molecule has 152 valence electrons. The number of aryl methyl sites for hydroxylation is 2. The lowest BCUT2D eigenvalue weighted by atomic mass is 10.2. The van der Waals surface area contributed by atoms with Crippen molar-refractivity contribution in [3.05, 3.63) is 70.3 Å². The first-order valence-electron chi connectivity index (χ1n) is 9.67. The zero-order valence-corrected chi connectivity index (χ0v) is 16.6. The standard InChI is InChI=1S/C22H20N4O4/c1-13-6-5-9-26-19(13)24-20-15(22(26)28)10-16(25(20)2)21(27)23-11-14-12-29-17-7-3-4-8-18(17)30-14/h3-10,14H,11-12H2,1-2H3,(H,23,27). The summed E-state index contributed by atoms with van der Waals surface area (Å²) >= 11 is 0. The number of hydrogen-bond donors (Lipinski definition) is 1. The molecular weight excluding hydrogens is 384 g/mol. The molecule has 1 amide bonds. The van der Waals surface area contributed by atoms with E-state index >= 15 is 0 Å². The molecule has 0 radical (unpaired) electrons. The average molecular weight is 404 g/mol. The Balaban J connectivity index is 1.41.